The van der Waals surface area contributed by atoms with Crippen LogP contribution in [0.25, 0.3) is 0 Å². The van der Waals surface area contributed by atoms with Gasteiger partial charge in [-0.15, -0.1) is 15.7 Å². The summed E-state index contributed by atoms with van der Waals surface area (Å²) in [5.74, 6) is -0.194. The molecule has 1 heterocycles. The molecule has 3 N–H and O–H groups in total. The normalized spacial score (nSPS) is 12.5. The zero-order chi connectivity index (χ0) is 25.6. The van der Waals surface area contributed by atoms with E-state index in [1.807, 2.05) is 6.07 Å². The summed E-state index contributed by atoms with van der Waals surface area (Å²) < 4.78 is 27.6. The molecule has 35 heavy (non-hydrogen) atoms. The van der Waals surface area contributed by atoms with E-state index in [1.165, 1.54) is 11.3 Å². The number of carbonyl (C=O) groups is 2. The number of benzene rings is 2. The highest BCUT2D eigenvalue weighted by Gasteiger charge is 2.23. The van der Waals surface area contributed by atoms with E-state index in [1.54, 1.807) is 79.7 Å². The van der Waals surface area contributed by atoms with Crippen LogP contribution in [0.15, 0.2) is 71.1 Å². The summed E-state index contributed by atoms with van der Waals surface area (Å²) in [6, 6.07) is 17.2. The van der Waals surface area contributed by atoms with Gasteiger partial charge in [-0.1, -0.05) is 41.9 Å². The van der Waals surface area contributed by atoms with Crippen molar-refractivity contribution < 1.29 is 18.0 Å². The van der Waals surface area contributed by atoms with Crippen molar-refractivity contribution in [2.75, 3.05) is 31.0 Å². The third-order valence-electron chi connectivity index (χ3n) is 4.57. The van der Waals surface area contributed by atoms with Gasteiger partial charge in [0.15, 0.2) is 0 Å². The molecule has 1 atom stereocenters. The standard InChI is InChI=1S/C23H24ClN5O4S2/c1-29(2)21(28-35(3,32)33)16-9-11-17(12-10-16)25-22(30)20(15-7-5-4-6-8-15)27-23(31)26-19-14-13-18(24)34-19/h4-14,20H,1-3H3,(H,25,30)(H2,26,27,31)/b28-21-. The highest BCUT2D eigenvalue weighted by molar-refractivity contribution is 7.89. The molecule has 0 radical (unpaired) electrons. The molecule has 0 fully saturated rings. The molecule has 1 aromatic heterocycles. The smallest absolute Gasteiger partial charge is 0.320 e. The lowest BCUT2D eigenvalue weighted by molar-refractivity contribution is -0.118. The van der Waals surface area contributed by atoms with E-state index in [9.17, 15) is 18.0 Å². The topological polar surface area (TPSA) is 120 Å². The first kappa shape index (κ1) is 26.2. The zero-order valence-electron chi connectivity index (χ0n) is 19.2. The minimum Gasteiger partial charge on any atom is -0.362 e. The summed E-state index contributed by atoms with van der Waals surface area (Å²) in [6.07, 6.45) is 1.02. The van der Waals surface area contributed by atoms with Gasteiger partial charge in [-0.05, 0) is 42.0 Å². The van der Waals surface area contributed by atoms with Crippen molar-refractivity contribution in [1.82, 2.24) is 10.2 Å². The van der Waals surface area contributed by atoms with Crippen LogP contribution in [0.3, 0.4) is 0 Å². The lowest BCUT2D eigenvalue weighted by atomic mass is 10.1. The number of hydrogen-bond donors (Lipinski definition) is 3. The molecule has 2 aromatic carbocycles. The monoisotopic (exact) mass is 533 g/mol. The van der Waals surface area contributed by atoms with Gasteiger partial charge in [0.2, 0.25) is 0 Å². The van der Waals surface area contributed by atoms with Crippen LogP contribution >= 0.6 is 22.9 Å². The molecule has 0 aliphatic carbocycles. The lowest BCUT2D eigenvalue weighted by Gasteiger charge is -2.19. The molecule has 0 bridgehead atoms. The number of sulfonamides is 1. The highest BCUT2D eigenvalue weighted by atomic mass is 35.5. The fourth-order valence-corrected chi connectivity index (χ4v) is 4.59. The molecule has 0 saturated carbocycles. The van der Waals surface area contributed by atoms with Gasteiger partial charge in [-0.25, -0.2) is 13.2 Å². The minimum absolute atomic E-state index is 0.263. The second kappa shape index (κ2) is 11.3. The molecular formula is C23H24ClN5O4S2. The van der Waals surface area contributed by atoms with Crippen molar-refractivity contribution in [3.63, 3.8) is 0 Å². The summed E-state index contributed by atoms with van der Waals surface area (Å²) >= 11 is 7.11. The maximum atomic E-state index is 13.1. The third-order valence-corrected chi connectivity index (χ3v) is 6.22. The summed E-state index contributed by atoms with van der Waals surface area (Å²) in [5, 5.41) is 8.69. The Kier molecular flexibility index (Phi) is 8.49. The van der Waals surface area contributed by atoms with Gasteiger partial charge in [-0.3, -0.25) is 10.1 Å². The minimum atomic E-state index is -3.60. The van der Waals surface area contributed by atoms with E-state index in [-0.39, 0.29) is 5.84 Å². The maximum absolute atomic E-state index is 13.1. The lowest BCUT2D eigenvalue weighted by Crippen LogP contribution is -2.39. The van der Waals surface area contributed by atoms with Crippen LogP contribution < -0.4 is 16.0 Å². The number of hydrogen-bond acceptors (Lipinski definition) is 5. The molecule has 9 nitrogen and oxygen atoms in total. The number of carbonyl (C=O) groups excluding carboxylic acids is 2. The SMILES string of the molecule is CN(C)/C(=N\S(C)(=O)=O)c1ccc(NC(=O)C(NC(=O)Nc2ccc(Cl)s2)c2ccccc2)cc1. The Bertz CT molecular complexity index is 1320. The van der Waals surface area contributed by atoms with Gasteiger partial charge in [0.25, 0.3) is 15.9 Å². The Labute approximate surface area is 212 Å². The number of halogens is 1. The number of urea groups is 1. The van der Waals surface area contributed by atoms with Gasteiger partial charge in [0, 0.05) is 25.3 Å². The Morgan fingerprint density at radius 1 is 0.971 bits per heavy atom. The van der Waals surface area contributed by atoms with Crippen LogP contribution in [-0.4, -0.2) is 51.4 Å². The molecule has 0 spiro atoms. The zero-order valence-corrected chi connectivity index (χ0v) is 21.5. The molecular weight excluding hydrogens is 510 g/mol. The van der Waals surface area contributed by atoms with Gasteiger partial charge >= 0.3 is 6.03 Å². The number of thiophene rings is 1. The molecule has 3 rings (SSSR count). The maximum Gasteiger partial charge on any atom is 0.320 e. The molecule has 184 valence electrons. The largest absolute Gasteiger partial charge is 0.362 e. The molecule has 0 aliphatic rings. The number of rotatable bonds is 7. The van der Waals surface area contributed by atoms with Crippen molar-refractivity contribution in [2.24, 2.45) is 4.40 Å². The van der Waals surface area contributed by atoms with Crippen LogP contribution in [-0.2, 0) is 14.8 Å². The molecule has 12 heteroatoms. The average molecular weight is 534 g/mol. The summed E-state index contributed by atoms with van der Waals surface area (Å²) in [6.45, 7) is 0. The summed E-state index contributed by atoms with van der Waals surface area (Å²) in [7, 11) is -0.226. The van der Waals surface area contributed by atoms with Gasteiger partial charge in [0.05, 0.1) is 15.6 Å². The van der Waals surface area contributed by atoms with E-state index in [2.05, 4.69) is 20.3 Å². The molecule has 3 aromatic rings. The van der Waals surface area contributed by atoms with Crippen LogP contribution in [0.2, 0.25) is 4.34 Å². The second-order valence-corrected chi connectivity index (χ2v) is 11.0. The Hall–Kier alpha value is -3.41. The average Bonchev–Trinajstić information content (AvgIpc) is 3.20. The van der Waals surface area contributed by atoms with E-state index < -0.39 is 28.0 Å². The molecule has 1 unspecified atom stereocenters. The van der Waals surface area contributed by atoms with Gasteiger partial charge in [0.1, 0.15) is 11.9 Å². The fourth-order valence-electron chi connectivity index (χ4n) is 3.07. The first-order valence-corrected chi connectivity index (χ1v) is 13.3. The Morgan fingerprint density at radius 3 is 2.17 bits per heavy atom. The second-order valence-electron chi connectivity index (χ2n) is 7.65. The van der Waals surface area contributed by atoms with Crippen molar-refractivity contribution in [3.8, 4) is 0 Å². The predicted octanol–water partition coefficient (Wildman–Crippen LogP) is 4.17. The fraction of sp³-hybridized carbons (Fsp3) is 0.174. The number of anilines is 2. The van der Waals surface area contributed by atoms with Crippen LogP contribution in [0, 0.1) is 0 Å². The van der Waals surface area contributed by atoms with E-state index >= 15 is 0 Å². The van der Waals surface area contributed by atoms with Gasteiger partial charge in [-0.2, -0.15) is 0 Å². The molecule has 0 saturated heterocycles. The third kappa shape index (κ3) is 7.81. The summed E-state index contributed by atoms with van der Waals surface area (Å²) in [4.78, 5) is 27.3. The number of nitrogens with one attached hydrogen (secondary N) is 3. The van der Waals surface area contributed by atoms with Gasteiger partial charge < -0.3 is 15.5 Å². The molecule has 3 amide bonds. The van der Waals surface area contributed by atoms with Crippen LogP contribution in [0.4, 0.5) is 15.5 Å². The van der Waals surface area contributed by atoms with Crippen molar-refractivity contribution in [3.05, 3.63) is 82.2 Å². The van der Waals surface area contributed by atoms with E-state index in [0.29, 0.717) is 26.2 Å². The van der Waals surface area contributed by atoms with Crippen LogP contribution in [0.5, 0.6) is 0 Å². The van der Waals surface area contributed by atoms with E-state index in [0.717, 1.165) is 6.26 Å². The number of amidine groups is 1. The highest BCUT2D eigenvalue weighted by Crippen LogP contribution is 2.26. The molecule has 0 aliphatic heterocycles. The van der Waals surface area contributed by atoms with Crippen molar-refractivity contribution in [1.29, 1.82) is 0 Å². The predicted molar refractivity (Wildman–Crippen MR) is 141 cm³/mol. The van der Waals surface area contributed by atoms with Crippen molar-refractivity contribution in [2.45, 2.75) is 6.04 Å². The first-order chi connectivity index (χ1) is 16.5. The first-order valence-electron chi connectivity index (χ1n) is 10.3. The van der Waals surface area contributed by atoms with Crippen LogP contribution in [0.1, 0.15) is 17.2 Å². The number of nitrogens with zero attached hydrogens (tertiary/aromatic N) is 2. The Morgan fingerprint density at radius 2 is 1.63 bits per heavy atom. The summed E-state index contributed by atoms with van der Waals surface area (Å²) in [5.41, 5.74) is 1.62. The number of amides is 3. The Balaban J connectivity index is 1.78. The quantitative estimate of drug-likeness (QED) is 0.311. The van der Waals surface area contributed by atoms with E-state index in [4.69, 9.17) is 11.6 Å². The van der Waals surface area contributed by atoms with Crippen molar-refractivity contribution >= 4 is 61.4 Å².